The third-order valence-electron chi connectivity index (χ3n) is 4.82. The Morgan fingerprint density at radius 1 is 1.12 bits per heavy atom. The molecular weight excluding hydrogens is 474 g/mol. The number of amides is 1. The second kappa shape index (κ2) is 9.98. The third-order valence-corrected chi connectivity index (χ3v) is 6.54. The molecule has 0 aliphatic heterocycles. The van der Waals surface area contributed by atoms with Gasteiger partial charge in [0.1, 0.15) is 17.2 Å². The second-order valence-electron chi connectivity index (χ2n) is 7.05. The van der Waals surface area contributed by atoms with Crippen molar-refractivity contribution in [1.29, 1.82) is 0 Å². The van der Waals surface area contributed by atoms with Gasteiger partial charge < -0.3 is 18.9 Å². The molecular formula is C23H19N5O4S2. The van der Waals surface area contributed by atoms with Gasteiger partial charge in [0.05, 0.1) is 31.9 Å². The molecule has 0 saturated carbocycles. The SMILES string of the molecule is COc1ccc(-c2nnc(SCC(=O)Nc3nc(-c4ccco4)cs3)n2Cc2ccco2)cc1. The zero-order valence-electron chi connectivity index (χ0n) is 18.0. The summed E-state index contributed by atoms with van der Waals surface area (Å²) < 4.78 is 18.0. The van der Waals surface area contributed by atoms with E-state index in [1.54, 1.807) is 25.7 Å². The minimum atomic E-state index is -0.191. The van der Waals surface area contributed by atoms with Crippen LogP contribution in [0.4, 0.5) is 5.13 Å². The molecule has 9 nitrogen and oxygen atoms in total. The monoisotopic (exact) mass is 493 g/mol. The van der Waals surface area contributed by atoms with Gasteiger partial charge in [-0.25, -0.2) is 4.98 Å². The number of carbonyl (C=O) groups is 1. The molecule has 0 fully saturated rings. The highest BCUT2D eigenvalue weighted by molar-refractivity contribution is 7.99. The molecule has 0 saturated heterocycles. The maximum Gasteiger partial charge on any atom is 0.236 e. The predicted molar refractivity (Wildman–Crippen MR) is 129 cm³/mol. The number of ether oxygens (including phenoxy) is 1. The quantitative estimate of drug-likeness (QED) is 0.285. The van der Waals surface area contributed by atoms with Crippen LogP contribution in [0.25, 0.3) is 22.8 Å². The Kier molecular flexibility index (Phi) is 6.45. The maximum absolute atomic E-state index is 12.6. The van der Waals surface area contributed by atoms with Crippen molar-refractivity contribution in [3.63, 3.8) is 0 Å². The minimum absolute atomic E-state index is 0.147. The van der Waals surface area contributed by atoms with Crippen LogP contribution in [0.15, 0.2) is 80.4 Å². The Morgan fingerprint density at radius 2 is 1.94 bits per heavy atom. The molecule has 0 bridgehead atoms. The zero-order valence-corrected chi connectivity index (χ0v) is 19.6. The molecule has 4 heterocycles. The van der Waals surface area contributed by atoms with Crippen LogP contribution in [0.3, 0.4) is 0 Å². The van der Waals surface area contributed by atoms with Gasteiger partial charge in [-0.15, -0.1) is 21.5 Å². The molecule has 1 amide bonds. The van der Waals surface area contributed by atoms with Crippen LogP contribution in [-0.2, 0) is 11.3 Å². The normalized spacial score (nSPS) is 11.0. The maximum atomic E-state index is 12.6. The number of hydrogen-bond acceptors (Lipinski definition) is 9. The van der Waals surface area contributed by atoms with Gasteiger partial charge in [0.2, 0.25) is 5.91 Å². The van der Waals surface area contributed by atoms with Crippen LogP contribution >= 0.6 is 23.1 Å². The van der Waals surface area contributed by atoms with Crippen LogP contribution in [0.1, 0.15) is 5.76 Å². The number of rotatable bonds is 9. The summed E-state index contributed by atoms with van der Waals surface area (Å²) in [4.78, 5) is 17.0. The molecule has 0 spiro atoms. The first kappa shape index (κ1) is 22.0. The molecule has 34 heavy (non-hydrogen) atoms. The first-order valence-electron chi connectivity index (χ1n) is 10.2. The number of nitrogens with one attached hydrogen (secondary N) is 1. The number of aromatic nitrogens is 4. The lowest BCUT2D eigenvalue weighted by atomic mass is 10.2. The summed E-state index contributed by atoms with van der Waals surface area (Å²) in [7, 11) is 1.62. The van der Waals surface area contributed by atoms with Crippen molar-refractivity contribution in [2.75, 3.05) is 18.2 Å². The van der Waals surface area contributed by atoms with E-state index in [0.29, 0.717) is 34.1 Å². The van der Waals surface area contributed by atoms with E-state index >= 15 is 0 Å². The van der Waals surface area contributed by atoms with Gasteiger partial charge >= 0.3 is 0 Å². The van der Waals surface area contributed by atoms with Crippen LogP contribution in [-0.4, -0.2) is 38.5 Å². The van der Waals surface area contributed by atoms with Gasteiger partial charge in [-0.2, -0.15) is 0 Å². The van der Waals surface area contributed by atoms with Gasteiger partial charge in [-0.3, -0.25) is 9.36 Å². The molecule has 0 aliphatic carbocycles. The first-order valence-corrected chi connectivity index (χ1v) is 12.1. The number of methoxy groups -OCH3 is 1. The second-order valence-corrected chi connectivity index (χ2v) is 8.85. The highest BCUT2D eigenvalue weighted by Gasteiger charge is 2.18. The van der Waals surface area contributed by atoms with Crippen molar-refractivity contribution in [2.24, 2.45) is 0 Å². The van der Waals surface area contributed by atoms with Crippen molar-refractivity contribution in [3.05, 3.63) is 72.2 Å². The zero-order chi connectivity index (χ0) is 23.3. The van der Waals surface area contributed by atoms with E-state index < -0.39 is 0 Å². The van der Waals surface area contributed by atoms with E-state index in [-0.39, 0.29) is 11.7 Å². The molecule has 4 aromatic heterocycles. The number of benzene rings is 1. The summed E-state index contributed by atoms with van der Waals surface area (Å²) in [5, 5.41) is 14.5. The van der Waals surface area contributed by atoms with Crippen LogP contribution in [0, 0.1) is 0 Å². The van der Waals surface area contributed by atoms with Crippen molar-refractivity contribution >= 4 is 34.1 Å². The van der Waals surface area contributed by atoms with E-state index in [4.69, 9.17) is 13.6 Å². The average molecular weight is 494 g/mol. The number of carbonyl (C=O) groups excluding carboxylic acids is 1. The first-order chi connectivity index (χ1) is 16.7. The topological polar surface area (TPSA) is 108 Å². The lowest BCUT2D eigenvalue weighted by Gasteiger charge is -2.09. The molecule has 5 aromatic rings. The number of nitrogens with zero attached hydrogens (tertiary/aromatic N) is 4. The Balaban J connectivity index is 1.30. The van der Waals surface area contributed by atoms with Gasteiger partial charge in [-0.1, -0.05) is 11.8 Å². The summed E-state index contributed by atoms with van der Waals surface area (Å²) in [6.45, 7) is 0.435. The standard InChI is InChI=1S/C23H19N5O4S2/c1-30-16-8-6-15(7-9-16)21-26-27-23(28(21)12-17-4-2-10-31-17)34-14-20(29)25-22-24-18(13-33-22)19-5-3-11-32-19/h2-11,13H,12,14H2,1H3,(H,24,25,29). The molecule has 11 heteroatoms. The van der Waals surface area contributed by atoms with Crippen LogP contribution in [0.2, 0.25) is 0 Å². The molecule has 5 rings (SSSR count). The lowest BCUT2D eigenvalue weighted by molar-refractivity contribution is -0.113. The third kappa shape index (κ3) is 4.90. The Labute approximate surface area is 202 Å². The minimum Gasteiger partial charge on any atom is -0.497 e. The smallest absolute Gasteiger partial charge is 0.236 e. The fourth-order valence-electron chi connectivity index (χ4n) is 3.20. The van der Waals surface area contributed by atoms with E-state index in [2.05, 4.69) is 20.5 Å². The number of thiazole rings is 1. The van der Waals surface area contributed by atoms with E-state index in [9.17, 15) is 4.79 Å². The molecule has 0 unspecified atom stereocenters. The van der Waals surface area contributed by atoms with Crippen molar-refractivity contribution in [2.45, 2.75) is 11.7 Å². The Bertz CT molecular complexity index is 1360. The Hall–Kier alpha value is -3.83. The summed E-state index contributed by atoms with van der Waals surface area (Å²) in [5.41, 5.74) is 1.56. The molecule has 0 aliphatic rings. The summed E-state index contributed by atoms with van der Waals surface area (Å²) in [5.74, 6) is 2.80. The van der Waals surface area contributed by atoms with E-state index in [0.717, 1.165) is 17.1 Å². The molecule has 1 N–H and O–H groups in total. The van der Waals surface area contributed by atoms with Crippen molar-refractivity contribution < 1.29 is 18.4 Å². The average Bonchev–Trinajstić information content (AvgIpc) is 3.66. The van der Waals surface area contributed by atoms with Crippen LogP contribution < -0.4 is 10.1 Å². The fourth-order valence-corrected chi connectivity index (χ4v) is 4.66. The van der Waals surface area contributed by atoms with Crippen LogP contribution in [0.5, 0.6) is 5.75 Å². The van der Waals surface area contributed by atoms with E-state index in [1.165, 1.54) is 23.1 Å². The molecule has 0 radical (unpaired) electrons. The van der Waals surface area contributed by atoms with E-state index in [1.807, 2.05) is 52.4 Å². The predicted octanol–water partition coefficient (Wildman–Crippen LogP) is 5.04. The fraction of sp³-hybridized carbons (Fsp3) is 0.130. The number of anilines is 1. The summed E-state index contributed by atoms with van der Waals surface area (Å²) >= 11 is 2.63. The highest BCUT2D eigenvalue weighted by Crippen LogP contribution is 2.28. The van der Waals surface area contributed by atoms with Crippen molar-refractivity contribution in [3.8, 4) is 28.6 Å². The molecule has 0 atom stereocenters. The summed E-state index contributed by atoms with van der Waals surface area (Å²) in [6, 6.07) is 14.9. The van der Waals surface area contributed by atoms with Crippen molar-refractivity contribution in [1.82, 2.24) is 19.7 Å². The van der Waals surface area contributed by atoms with Gasteiger partial charge in [0.25, 0.3) is 0 Å². The number of thioether (sulfide) groups is 1. The number of furan rings is 2. The molecule has 1 aromatic carbocycles. The lowest BCUT2D eigenvalue weighted by Crippen LogP contribution is -2.14. The number of hydrogen-bond donors (Lipinski definition) is 1. The van der Waals surface area contributed by atoms with Gasteiger partial charge in [-0.05, 0) is 48.5 Å². The van der Waals surface area contributed by atoms with Gasteiger partial charge in [0, 0.05) is 10.9 Å². The molecule has 172 valence electrons. The summed E-state index contributed by atoms with van der Waals surface area (Å²) in [6.07, 6.45) is 3.21. The largest absolute Gasteiger partial charge is 0.497 e. The van der Waals surface area contributed by atoms with Gasteiger partial charge in [0.15, 0.2) is 21.9 Å². The highest BCUT2D eigenvalue weighted by atomic mass is 32.2. The Morgan fingerprint density at radius 3 is 2.68 bits per heavy atom.